The van der Waals surface area contributed by atoms with Crippen molar-refractivity contribution in [2.75, 3.05) is 0 Å². The van der Waals surface area contributed by atoms with Crippen LogP contribution >= 0.6 is 0 Å². The van der Waals surface area contributed by atoms with Crippen molar-refractivity contribution in [1.82, 2.24) is 0 Å². The summed E-state index contributed by atoms with van der Waals surface area (Å²) < 4.78 is 0. The Labute approximate surface area is 94.0 Å². The molecule has 1 aromatic carbocycles. The topological polar surface area (TPSA) is 89.4 Å². The molecule has 0 heterocycles. The monoisotopic (exact) mass is 224 g/mol. The quantitative estimate of drug-likeness (QED) is 0.594. The first kappa shape index (κ1) is 12.4. The third-order valence-corrected chi connectivity index (χ3v) is 2.48. The number of phenols is 1. The van der Waals surface area contributed by atoms with Crippen molar-refractivity contribution in [3.8, 4) is 5.75 Å². The third-order valence-electron chi connectivity index (χ3n) is 2.48. The summed E-state index contributed by atoms with van der Waals surface area (Å²) in [5.41, 5.74) is 6.25. The number of hydrogen-bond donors (Lipinski definition) is 2. The van der Waals surface area contributed by atoms with Crippen LogP contribution in [0.2, 0.25) is 0 Å². The van der Waals surface area contributed by atoms with Crippen molar-refractivity contribution in [1.29, 1.82) is 0 Å². The zero-order chi connectivity index (χ0) is 12.1. The van der Waals surface area contributed by atoms with E-state index in [1.165, 1.54) is 18.2 Å². The van der Waals surface area contributed by atoms with Gasteiger partial charge in [0.25, 0.3) is 5.69 Å². The van der Waals surface area contributed by atoms with Gasteiger partial charge >= 0.3 is 0 Å². The molecule has 0 spiro atoms. The van der Waals surface area contributed by atoms with Crippen LogP contribution in [0.25, 0.3) is 0 Å². The van der Waals surface area contributed by atoms with E-state index < -0.39 is 11.0 Å². The average Bonchev–Trinajstić information content (AvgIpc) is 2.25. The van der Waals surface area contributed by atoms with Gasteiger partial charge in [0.2, 0.25) is 0 Å². The summed E-state index contributed by atoms with van der Waals surface area (Å²) in [6.45, 7) is 2.03. The van der Waals surface area contributed by atoms with Gasteiger partial charge in [-0.1, -0.05) is 19.8 Å². The summed E-state index contributed by atoms with van der Waals surface area (Å²) in [5, 5.41) is 20.1. The van der Waals surface area contributed by atoms with Gasteiger partial charge in [0.1, 0.15) is 5.75 Å². The summed E-state index contributed by atoms with van der Waals surface area (Å²) in [6, 6.07) is 3.57. The highest BCUT2D eigenvalue weighted by Crippen LogP contribution is 2.29. The van der Waals surface area contributed by atoms with Gasteiger partial charge in [-0.3, -0.25) is 10.1 Å². The first-order valence-electron chi connectivity index (χ1n) is 5.29. The molecule has 3 N–H and O–H groups in total. The van der Waals surface area contributed by atoms with E-state index in [2.05, 4.69) is 0 Å². The van der Waals surface area contributed by atoms with Crippen LogP contribution in [0.3, 0.4) is 0 Å². The van der Waals surface area contributed by atoms with Crippen molar-refractivity contribution in [2.24, 2.45) is 5.73 Å². The number of unbranched alkanes of at least 4 members (excludes halogenated alkanes) is 1. The Morgan fingerprint density at radius 2 is 2.25 bits per heavy atom. The van der Waals surface area contributed by atoms with Crippen LogP contribution in [-0.4, -0.2) is 10.0 Å². The zero-order valence-corrected chi connectivity index (χ0v) is 9.22. The largest absolute Gasteiger partial charge is 0.508 e. The molecular weight excluding hydrogens is 208 g/mol. The lowest BCUT2D eigenvalue weighted by atomic mass is 10.00. The Morgan fingerprint density at radius 3 is 2.81 bits per heavy atom. The molecule has 0 aliphatic carbocycles. The minimum absolute atomic E-state index is 0.00699. The predicted molar refractivity (Wildman–Crippen MR) is 61.2 cm³/mol. The highest BCUT2D eigenvalue weighted by molar-refractivity contribution is 5.46. The van der Waals surface area contributed by atoms with E-state index in [4.69, 9.17) is 5.73 Å². The molecule has 88 valence electrons. The first-order chi connectivity index (χ1) is 7.56. The lowest BCUT2D eigenvalue weighted by Crippen LogP contribution is -2.12. The molecule has 5 nitrogen and oxygen atoms in total. The summed E-state index contributed by atoms with van der Waals surface area (Å²) >= 11 is 0. The zero-order valence-electron chi connectivity index (χ0n) is 9.22. The number of rotatable bonds is 5. The number of nitro benzene ring substituents is 1. The number of aromatic hydroxyl groups is 1. The second kappa shape index (κ2) is 5.46. The number of benzene rings is 1. The Bertz CT molecular complexity index is 379. The Kier molecular flexibility index (Phi) is 4.25. The van der Waals surface area contributed by atoms with Crippen LogP contribution in [0, 0.1) is 10.1 Å². The second-order valence-corrected chi connectivity index (χ2v) is 3.75. The first-order valence-corrected chi connectivity index (χ1v) is 5.29. The summed E-state index contributed by atoms with van der Waals surface area (Å²) in [6.07, 6.45) is 2.58. The van der Waals surface area contributed by atoms with Gasteiger partial charge in [0.05, 0.1) is 10.5 Å². The minimum atomic E-state index is -0.472. The Morgan fingerprint density at radius 1 is 1.56 bits per heavy atom. The molecule has 0 bridgehead atoms. The van der Waals surface area contributed by atoms with Crippen molar-refractivity contribution < 1.29 is 10.0 Å². The van der Waals surface area contributed by atoms with Crippen LogP contribution in [-0.2, 0) is 0 Å². The van der Waals surface area contributed by atoms with Crippen LogP contribution in [0.15, 0.2) is 18.2 Å². The van der Waals surface area contributed by atoms with E-state index in [1.54, 1.807) is 0 Å². The van der Waals surface area contributed by atoms with E-state index >= 15 is 0 Å². The molecule has 5 heteroatoms. The Hall–Kier alpha value is -1.62. The van der Waals surface area contributed by atoms with Crippen LogP contribution in [0.4, 0.5) is 5.69 Å². The number of phenolic OH excluding ortho intramolecular Hbond substituents is 1. The highest BCUT2D eigenvalue weighted by atomic mass is 16.6. The van der Waals surface area contributed by atoms with Crippen LogP contribution in [0.1, 0.15) is 37.8 Å². The van der Waals surface area contributed by atoms with E-state index in [9.17, 15) is 15.2 Å². The molecule has 0 saturated heterocycles. The number of nitrogens with zero attached hydrogens (tertiary/aromatic N) is 1. The highest BCUT2D eigenvalue weighted by Gasteiger charge is 2.19. The summed E-state index contributed by atoms with van der Waals surface area (Å²) in [7, 11) is 0. The van der Waals surface area contributed by atoms with Gasteiger partial charge < -0.3 is 10.8 Å². The second-order valence-electron chi connectivity index (χ2n) is 3.75. The standard InChI is InChI=1S/C11H16N2O3/c1-2-3-4-10(12)9-7-8(14)5-6-11(9)13(15)16/h5-7,10,14H,2-4,12H2,1H3/t10-/m1/s1. The van der Waals surface area contributed by atoms with Crippen LogP contribution in [0.5, 0.6) is 5.75 Å². The number of hydrogen-bond acceptors (Lipinski definition) is 4. The molecule has 0 fully saturated rings. The van der Waals surface area contributed by atoms with Gasteiger partial charge in [-0.05, 0) is 18.6 Å². The SMILES string of the molecule is CCCC[C@@H](N)c1cc(O)ccc1[N+](=O)[O-]. The normalized spacial score (nSPS) is 12.4. The fraction of sp³-hybridized carbons (Fsp3) is 0.455. The van der Waals surface area contributed by atoms with E-state index in [0.717, 1.165) is 12.8 Å². The molecule has 0 aliphatic heterocycles. The molecule has 0 aliphatic rings. The summed E-state index contributed by atoms with van der Waals surface area (Å²) in [5.74, 6) is 0.00699. The fourth-order valence-corrected chi connectivity index (χ4v) is 1.58. The number of nitro groups is 1. The van der Waals surface area contributed by atoms with Gasteiger partial charge in [-0.2, -0.15) is 0 Å². The maximum atomic E-state index is 10.8. The van der Waals surface area contributed by atoms with E-state index in [1.807, 2.05) is 6.92 Å². The minimum Gasteiger partial charge on any atom is -0.508 e. The smallest absolute Gasteiger partial charge is 0.274 e. The van der Waals surface area contributed by atoms with Crippen LogP contribution < -0.4 is 5.73 Å². The van der Waals surface area contributed by atoms with Gasteiger partial charge in [0, 0.05) is 12.1 Å². The molecule has 0 unspecified atom stereocenters. The molecule has 1 aromatic rings. The fourth-order valence-electron chi connectivity index (χ4n) is 1.58. The number of nitrogens with two attached hydrogens (primary N) is 1. The van der Waals surface area contributed by atoms with E-state index in [0.29, 0.717) is 12.0 Å². The van der Waals surface area contributed by atoms with Crippen molar-refractivity contribution >= 4 is 5.69 Å². The lowest BCUT2D eigenvalue weighted by molar-refractivity contribution is -0.385. The maximum absolute atomic E-state index is 10.8. The molecule has 0 radical (unpaired) electrons. The van der Waals surface area contributed by atoms with Crippen molar-refractivity contribution in [3.63, 3.8) is 0 Å². The summed E-state index contributed by atoms with van der Waals surface area (Å²) in [4.78, 5) is 10.3. The lowest BCUT2D eigenvalue weighted by Gasteiger charge is -2.11. The van der Waals surface area contributed by atoms with Gasteiger partial charge in [-0.25, -0.2) is 0 Å². The molecule has 1 rings (SSSR count). The van der Waals surface area contributed by atoms with Crippen molar-refractivity contribution in [3.05, 3.63) is 33.9 Å². The molecular formula is C11H16N2O3. The molecule has 16 heavy (non-hydrogen) atoms. The molecule has 1 atom stereocenters. The predicted octanol–water partition coefficient (Wildman–Crippen LogP) is 2.49. The molecule has 0 aromatic heterocycles. The van der Waals surface area contributed by atoms with Gasteiger partial charge in [-0.15, -0.1) is 0 Å². The molecule has 0 saturated carbocycles. The van der Waals surface area contributed by atoms with E-state index in [-0.39, 0.29) is 11.4 Å². The van der Waals surface area contributed by atoms with Crippen molar-refractivity contribution in [2.45, 2.75) is 32.2 Å². The third kappa shape index (κ3) is 2.93. The molecule has 0 amide bonds. The average molecular weight is 224 g/mol. The Balaban J connectivity index is 2.99. The maximum Gasteiger partial charge on any atom is 0.274 e. The van der Waals surface area contributed by atoms with Gasteiger partial charge in [0.15, 0.2) is 0 Å².